The maximum absolute atomic E-state index is 14.5. The summed E-state index contributed by atoms with van der Waals surface area (Å²) in [5.41, 5.74) is 1.62. The van der Waals surface area contributed by atoms with Gasteiger partial charge in [-0.2, -0.15) is 0 Å². The van der Waals surface area contributed by atoms with Gasteiger partial charge in [-0.05, 0) is 31.2 Å². The van der Waals surface area contributed by atoms with Gasteiger partial charge in [-0.15, -0.1) is 0 Å². The van der Waals surface area contributed by atoms with Crippen molar-refractivity contribution in [1.82, 2.24) is 9.47 Å². The van der Waals surface area contributed by atoms with Gasteiger partial charge in [0.25, 0.3) is 11.5 Å². The molecule has 0 bridgehead atoms. The van der Waals surface area contributed by atoms with Crippen LogP contribution >= 0.6 is 0 Å². The van der Waals surface area contributed by atoms with Crippen LogP contribution in [-0.2, 0) is 7.05 Å². The molecule has 2 aromatic carbocycles. The molecule has 7 heteroatoms. The Kier molecular flexibility index (Phi) is 5.11. The number of aryl methyl sites for hydroxylation is 1. The number of halogens is 1. The van der Waals surface area contributed by atoms with Crippen LogP contribution in [0, 0.1) is 5.82 Å². The van der Waals surface area contributed by atoms with Gasteiger partial charge in [-0.25, -0.2) is 4.39 Å². The van der Waals surface area contributed by atoms with E-state index in [0.717, 1.165) is 5.39 Å². The number of para-hydroxylation sites is 1. The van der Waals surface area contributed by atoms with Crippen LogP contribution in [0.2, 0.25) is 0 Å². The molecule has 1 aromatic heterocycles. The normalized spacial score (nSPS) is 14.2. The van der Waals surface area contributed by atoms with Crippen molar-refractivity contribution in [2.24, 2.45) is 7.05 Å². The Hall–Kier alpha value is -3.48. The van der Waals surface area contributed by atoms with Gasteiger partial charge in [0, 0.05) is 50.2 Å². The van der Waals surface area contributed by atoms with E-state index in [2.05, 4.69) is 0 Å². The average Bonchev–Trinajstić information content (AvgIpc) is 2.76. The number of benzene rings is 2. The van der Waals surface area contributed by atoms with E-state index in [1.807, 2.05) is 29.2 Å². The van der Waals surface area contributed by atoms with E-state index < -0.39 is 5.82 Å². The Morgan fingerprint density at radius 3 is 2.33 bits per heavy atom. The zero-order valence-electron chi connectivity index (χ0n) is 16.9. The minimum atomic E-state index is -0.444. The largest absolute Gasteiger partial charge is 0.366 e. The van der Waals surface area contributed by atoms with Gasteiger partial charge < -0.3 is 14.4 Å². The van der Waals surface area contributed by atoms with Crippen LogP contribution in [0.15, 0.2) is 53.3 Å². The van der Waals surface area contributed by atoms with Gasteiger partial charge in [0.15, 0.2) is 5.78 Å². The second-order valence-corrected chi connectivity index (χ2v) is 7.47. The molecular formula is C23H22FN3O3. The predicted octanol–water partition coefficient (Wildman–Crippen LogP) is 2.84. The van der Waals surface area contributed by atoms with E-state index in [9.17, 15) is 18.8 Å². The van der Waals surface area contributed by atoms with Crippen molar-refractivity contribution in [1.29, 1.82) is 0 Å². The molecule has 1 fully saturated rings. The van der Waals surface area contributed by atoms with Crippen molar-refractivity contribution < 1.29 is 14.0 Å². The number of anilines is 1. The molecule has 1 aliphatic heterocycles. The summed E-state index contributed by atoms with van der Waals surface area (Å²) in [6.07, 6.45) is 0. The lowest BCUT2D eigenvalue weighted by Gasteiger charge is -2.36. The first-order valence-corrected chi connectivity index (χ1v) is 9.80. The molecule has 2 heterocycles. The van der Waals surface area contributed by atoms with Crippen LogP contribution < -0.4 is 10.5 Å². The van der Waals surface area contributed by atoms with Crippen molar-refractivity contribution in [2.45, 2.75) is 6.92 Å². The van der Waals surface area contributed by atoms with E-state index >= 15 is 0 Å². The molecule has 0 N–H and O–H groups in total. The quantitative estimate of drug-likeness (QED) is 0.627. The highest BCUT2D eigenvalue weighted by molar-refractivity contribution is 6.06. The third-order valence-electron chi connectivity index (χ3n) is 5.65. The number of piperazine rings is 1. The summed E-state index contributed by atoms with van der Waals surface area (Å²) in [4.78, 5) is 40.5. The molecule has 0 unspecified atom stereocenters. The van der Waals surface area contributed by atoms with Gasteiger partial charge in [-0.3, -0.25) is 14.4 Å². The highest BCUT2D eigenvalue weighted by atomic mass is 19.1. The fraction of sp³-hybridized carbons (Fsp3) is 0.261. The molecule has 1 saturated heterocycles. The number of Topliss-reactive ketones (excluding diaryl/α,β-unsaturated/α-hetero) is 1. The third kappa shape index (κ3) is 3.47. The highest BCUT2D eigenvalue weighted by Gasteiger charge is 2.25. The van der Waals surface area contributed by atoms with E-state index in [-0.39, 0.29) is 17.2 Å². The number of aromatic nitrogens is 1. The Labute approximate surface area is 173 Å². The highest BCUT2D eigenvalue weighted by Crippen LogP contribution is 2.24. The van der Waals surface area contributed by atoms with Crippen molar-refractivity contribution in [3.63, 3.8) is 0 Å². The first kappa shape index (κ1) is 19.8. The molecule has 1 amide bonds. The second-order valence-electron chi connectivity index (χ2n) is 7.47. The molecular weight excluding hydrogens is 385 g/mol. The standard InChI is InChI=1S/C23H22FN3O3/c1-15(28)16-7-8-21(19(24)13-16)26-9-11-27(12-10-26)23(30)18-14-22(29)25(2)20-6-4-3-5-17(18)20/h3-8,13-14H,9-12H2,1-2H3. The summed E-state index contributed by atoms with van der Waals surface area (Å²) in [5.74, 6) is -0.826. The number of rotatable bonds is 3. The molecule has 6 nitrogen and oxygen atoms in total. The third-order valence-corrected chi connectivity index (χ3v) is 5.65. The van der Waals surface area contributed by atoms with E-state index in [1.54, 1.807) is 24.1 Å². The first-order chi connectivity index (χ1) is 14.4. The topological polar surface area (TPSA) is 62.6 Å². The summed E-state index contributed by atoms with van der Waals surface area (Å²) in [6.45, 7) is 3.15. The molecule has 30 heavy (non-hydrogen) atoms. The number of pyridine rings is 1. The summed E-state index contributed by atoms with van der Waals surface area (Å²) in [5, 5.41) is 0.734. The van der Waals surface area contributed by atoms with Gasteiger partial charge in [0.2, 0.25) is 0 Å². The predicted molar refractivity (Wildman–Crippen MR) is 114 cm³/mol. The number of carbonyl (C=O) groups excluding carboxylic acids is 2. The van der Waals surface area contributed by atoms with Gasteiger partial charge in [-0.1, -0.05) is 18.2 Å². The Bertz CT molecular complexity index is 1210. The van der Waals surface area contributed by atoms with Crippen LogP contribution in [0.5, 0.6) is 0 Å². The minimum absolute atomic E-state index is 0.183. The maximum Gasteiger partial charge on any atom is 0.254 e. The number of ketones is 1. The molecule has 4 rings (SSSR count). The van der Waals surface area contributed by atoms with E-state index in [1.165, 1.54) is 23.6 Å². The number of hydrogen-bond acceptors (Lipinski definition) is 4. The van der Waals surface area contributed by atoms with Crippen LogP contribution in [0.4, 0.5) is 10.1 Å². The summed E-state index contributed by atoms with van der Waals surface area (Å²) in [6, 6.07) is 13.2. The summed E-state index contributed by atoms with van der Waals surface area (Å²) in [7, 11) is 1.68. The van der Waals surface area contributed by atoms with E-state index in [4.69, 9.17) is 0 Å². The minimum Gasteiger partial charge on any atom is -0.366 e. The zero-order valence-corrected chi connectivity index (χ0v) is 16.9. The molecule has 0 aliphatic carbocycles. The molecule has 1 aliphatic rings. The Balaban J connectivity index is 1.55. The molecule has 0 atom stereocenters. The van der Waals surface area contributed by atoms with Crippen LogP contribution in [0.1, 0.15) is 27.6 Å². The Morgan fingerprint density at radius 1 is 0.967 bits per heavy atom. The van der Waals surface area contributed by atoms with Crippen molar-refractivity contribution >= 4 is 28.3 Å². The molecule has 0 spiro atoms. The molecule has 3 aromatic rings. The molecule has 0 saturated carbocycles. The molecule has 154 valence electrons. The number of hydrogen-bond donors (Lipinski definition) is 0. The van der Waals surface area contributed by atoms with Gasteiger partial charge in [0.05, 0.1) is 16.8 Å². The average molecular weight is 407 g/mol. The smallest absolute Gasteiger partial charge is 0.254 e. The number of carbonyl (C=O) groups is 2. The zero-order chi connectivity index (χ0) is 21.4. The Morgan fingerprint density at radius 2 is 1.67 bits per heavy atom. The molecule has 0 radical (unpaired) electrons. The van der Waals surface area contributed by atoms with Gasteiger partial charge in [0.1, 0.15) is 5.82 Å². The fourth-order valence-corrected chi connectivity index (χ4v) is 3.89. The summed E-state index contributed by atoms with van der Waals surface area (Å²) < 4.78 is 16.0. The van der Waals surface area contributed by atoms with Crippen LogP contribution in [-0.4, -0.2) is 47.3 Å². The lowest BCUT2D eigenvalue weighted by Crippen LogP contribution is -2.49. The summed E-state index contributed by atoms with van der Waals surface area (Å²) >= 11 is 0. The SMILES string of the molecule is CC(=O)c1ccc(N2CCN(C(=O)c3cc(=O)n(C)c4ccccc34)CC2)c(F)c1. The van der Waals surface area contributed by atoms with Crippen LogP contribution in [0.3, 0.4) is 0 Å². The van der Waals surface area contributed by atoms with E-state index in [0.29, 0.717) is 48.5 Å². The lowest BCUT2D eigenvalue weighted by molar-refractivity contribution is 0.0748. The number of fused-ring (bicyclic) bond motifs is 1. The maximum atomic E-state index is 14.5. The van der Waals surface area contributed by atoms with Crippen molar-refractivity contribution in [2.75, 3.05) is 31.1 Å². The first-order valence-electron chi connectivity index (χ1n) is 9.80. The van der Waals surface area contributed by atoms with Gasteiger partial charge >= 0.3 is 0 Å². The van der Waals surface area contributed by atoms with Crippen molar-refractivity contribution in [3.05, 3.63) is 75.8 Å². The second kappa shape index (κ2) is 7.74. The fourth-order valence-electron chi connectivity index (χ4n) is 3.89. The number of amides is 1. The lowest BCUT2D eigenvalue weighted by atomic mass is 10.1. The van der Waals surface area contributed by atoms with Crippen LogP contribution in [0.25, 0.3) is 10.9 Å². The number of nitrogens with zero attached hydrogens (tertiary/aromatic N) is 3. The monoisotopic (exact) mass is 407 g/mol. The van der Waals surface area contributed by atoms with Crippen molar-refractivity contribution in [3.8, 4) is 0 Å².